The molecule has 0 spiro atoms. The summed E-state index contributed by atoms with van der Waals surface area (Å²) in [5.41, 5.74) is 9.11. The van der Waals surface area contributed by atoms with Gasteiger partial charge in [0.2, 0.25) is 0 Å². The summed E-state index contributed by atoms with van der Waals surface area (Å²) in [5, 5.41) is 1.68. The van der Waals surface area contributed by atoms with E-state index < -0.39 is 18.1 Å². The van der Waals surface area contributed by atoms with E-state index in [0.717, 1.165) is 33.0 Å². The first-order valence-electron chi connectivity index (χ1n) is 18.5. The fourth-order valence-corrected chi connectivity index (χ4v) is 6.31. The molecule has 0 bridgehead atoms. The van der Waals surface area contributed by atoms with Crippen molar-refractivity contribution in [3.05, 3.63) is 176 Å². The number of fused-ring (bicyclic) bond motifs is 3. The summed E-state index contributed by atoms with van der Waals surface area (Å²) in [6.07, 6.45) is 0. The van der Waals surface area contributed by atoms with Crippen LogP contribution in [-0.2, 0) is 0 Å². The number of rotatable bonds is 6. The Morgan fingerprint density at radius 3 is 1.39 bits per heavy atom. The van der Waals surface area contributed by atoms with Crippen LogP contribution >= 0.6 is 0 Å². The third kappa shape index (κ3) is 5.35. The molecule has 0 radical (unpaired) electrons. The van der Waals surface area contributed by atoms with Crippen molar-refractivity contribution in [3.8, 4) is 67.5 Å². The molecule has 2 aromatic heterocycles. The topological polar surface area (TPSA) is 51.8 Å². The van der Waals surface area contributed by atoms with Gasteiger partial charge in [-0.3, -0.25) is 0 Å². The SMILES string of the molecule is [2H]c1c([2H])c([2H])c(-c2nc(-c3ccccc3)nc(-c3cccc4oc5cccc(-c6ccc(-c7ccc(-c8ccccc8)cc7)cc6)c5c34)n2)c([2H])c1[2H]. The van der Waals surface area contributed by atoms with Crippen LogP contribution in [0.15, 0.2) is 180 Å². The molecule has 0 unspecified atom stereocenters. The summed E-state index contributed by atoms with van der Waals surface area (Å²) in [6, 6.07) is 46.2. The highest BCUT2D eigenvalue weighted by Crippen LogP contribution is 2.41. The lowest BCUT2D eigenvalue weighted by molar-refractivity contribution is 0.669. The minimum absolute atomic E-state index is 0.0201. The summed E-state index contributed by atoms with van der Waals surface area (Å²) in [5.74, 6) is 0.566. The molecular formula is C45H29N3O. The van der Waals surface area contributed by atoms with Crippen molar-refractivity contribution in [2.75, 3.05) is 0 Å². The van der Waals surface area contributed by atoms with E-state index >= 15 is 0 Å². The van der Waals surface area contributed by atoms with Gasteiger partial charge in [0.25, 0.3) is 0 Å². The molecule has 0 N–H and O–H groups in total. The molecule has 230 valence electrons. The van der Waals surface area contributed by atoms with Gasteiger partial charge in [-0.1, -0.05) is 164 Å². The van der Waals surface area contributed by atoms with Gasteiger partial charge in [-0.2, -0.15) is 0 Å². The summed E-state index contributed by atoms with van der Waals surface area (Å²) >= 11 is 0. The van der Waals surface area contributed by atoms with E-state index in [1.165, 1.54) is 11.1 Å². The molecule has 0 atom stereocenters. The molecule has 9 rings (SSSR count). The predicted octanol–water partition coefficient (Wildman–Crippen LogP) is 11.8. The van der Waals surface area contributed by atoms with E-state index in [1.807, 2.05) is 78.9 Å². The van der Waals surface area contributed by atoms with Crippen LogP contribution in [0.3, 0.4) is 0 Å². The lowest BCUT2D eigenvalue weighted by atomic mass is 9.95. The van der Waals surface area contributed by atoms with Gasteiger partial charge < -0.3 is 4.42 Å². The molecule has 0 aliphatic heterocycles. The summed E-state index contributed by atoms with van der Waals surface area (Å²) < 4.78 is 48.6. The first-order chi connectivity index (χ1) is 26.4. The summed E-state index contributed by atoms with van der Waals surface area (Å²) in [6.45, 7) is 0. The smallest absolute Gasteiger partial charge is 0.164 e. The van der Waals surface area contributed by atoms with Gasteiger partial charge in [0.15, 0.2) is 17.5 Å². The normalized spacial score (nSPS) is 12.7. The Balaban J connectivity index is 1.20. The minimum atomic E-state index is -0.484. The second kappa shape index (κ2) is 12.2. The number of benzene rings is 7. The standard InChI is InChI=1S/C45H29N3O/c1-4-12-30(13-5-1)31-22-24-32(25-23-31)33-26-28-34(29-27-33)37-18-10-20-39-41(37)42-38(19-11-21-40(42)49-39)45-47-43(35-14-6-2-7-15-35)46-44(48-45)36-16-8-3-9-17-36/h1-29H/i2D,6D,7D,14D,15D. The number of hydrogen-bond acceptors (Lipinski definition) is 4. The maximum Gasteiger partial charge on any atom is 0.164 e. The Bertz CT molecular complexity index is 2830. The number of aromatic nitrogens is 3. The van der Waals surface area contributed by atoms with Crippen molar-refractivity contribution in [2.45, 2.75) is 0 Å². The molecule has 0 saturated carbocycles. The molecule has 2 heterocycles. The third-order valence-electron chi connectivity index (χ3n) is 8.68. The van der Waals surface area contributed by atoms with Crippen LogP contribution < -0.4 is 0 Å². The minimum Gasteiger partial charge on any atom is -0.456 e. The highest BCUT2D eigenvalue weighted by atomic mass is 16.3. The zero-order valence-corrected chi connectivity index (χ0v) is 26.1. The van der Waals surface area contributed by atoms with Crippen LogP contribution in [0.1, 0.15) is 6.85 Å². The van der Waals surface area contributed by atoms with Crippen molar-refractivity contribution in [2.24, 2.45) is 0 Å². The second-order valence-electron chi connectivity index (χ2n) is 11.7. The highest BCUT2D eigenvalue weighted by molar-refractivity contribution is 6.17. The third-order valence-corrected chi connectivity index (χ3v) is 8.68. The Morgan fingerprint density at radius 1 is 0.347 bits per heavy atom. The van der Waals surface area contributed by atoms with Crippen LogP contribution in [0.5, 0.6) is 0 Å². The Hall–Kier alpha value is -6.65. The number of furan rings is 1. The van der Waals surface area contributed by atoms with E-state index in [0.29, 0.717) is 28.1 Å². The maximum atomic E-state index is 8.69. The van der Waals surface area contributed by atoms with Crippen molar-refractivity contribution >= 4 is 21.9 Å². The van der Waals surface area contributed by atoms with Gasteiger partial charge in [0.1, 0.15) is 11.2 Å². The van der Waals surface area contributed by atoms with Crippen molar-refractivity contribution in [3.63, 3.8) is 0 Å². The first kappa shape index (κ1) is 23.6. The van der Waals surface area contributed by atoms with E-state index in [9.17, 15) is 0 Å². The van der Waals surface area contributed by atoms with E-state index in [2.05, 4.69) is 71.7 Å². The molecule has 0 fully saturated rings. The molecule has 4 heteroatoms. The molecule has 0 saturated heterocycles. The van der Waals surface area contributed by atoms with Gasteiger partial charge in [-0.15, -0.1) is 0 Å². The molecule has 0 aliphatic carbocycles. The van der Waals surface area contributed by atoms with Crippen molar-refractivity contribution < 1.29 is 11.3 Å². The molecule has 0 amide bonds. The first-order valence-corrected chi connectivity index (χ1v) is 16.0. The maximum absolute atomic E-state index is 8.69. The fourth-order valence-electron chi connectivity index (χ4n) is 6.31. The molecule has 9 aromatic rings. The molecular weight excluding hydrogens is 599 g/mol. The lowest BCUT2D eigenvalue weighted by Crippen LogP contribution is -2.00. The fraction of sp³-hybridized carbons (Fsp3) is 0. The van der Waals surface area contributed by atoms with Gasteiger partial charge in [0, 0.05) is 27.5 Å². The summed E-state index contributed by atoms with van der Waals surface area (Å²) in [4.78, 5) is 14.4. The predicted molar refractivity (Wildman–Crippen MR) is 200 cm³/mol. The van der Waals surface area contributed by atoms with Crippen LogP contribution in [0, 0.1) is 0 Å². The van der Waals surface area contributed by atoms with Gasteiger partial charge in [-0.25, -0.2) is 15.0 Å². The van der Waals surface area contributed by atoms with E-state index in [4.69, 9.17) is 21.2 Å². The zero-order valence-electron chi connectivity index (χ0n) is 31.1. The van der Waals surface area contributed by atoms with Crippen molar-refractivity contribution in [1.82, 2.24) is 15.0 Å². The number of hydrogen-bond donors (Lipinski definition) is 0. The van der Waals surface area contributed by atoms with Crippen molar-refractivity contribution in [1.29, 1.82) is 0 Å². The molecule has 4 nitrogen and oxygen atoms in total. The molecule has 7 aromatic carbocycles. The quantitative estimate of drug-likeness (QED) is 0.183. The van der Waals surface area contributed by atoms with Gasteiger partial charge in [0.05, 0.1) is 6.85 Å². The Kier molecular flexibility index (Phi) is 5.87. The average molecular weight is 633 g/mol. The second-order valence-corrected chi connectivity index (χ2v) is 11.7. The zero-order chi connectivity index (χ0) is 36.9. The number of nitrogens with zero attached hydrogens (tertiary/aromatic N) is 3. The van der Waals surface area contributed by atoms with Crippen LogP contribution in [-0.4, -0.2) is 15.0 Å². The molecule has 49 heavy (non-hydrogen) atoms. The van der Waals surface area contributed by atoms with Crippen LogP contribution in [0.2, 0.25) is 0 Å². The van der Waals surface area contributed by atoms with Gasteiger partial charge in [-0.05, 0) is 45.5 Å². The molecule has 0 aliphatic rings. The van der Waals surface area contributed by atoms with Gasteiger partial charge >= 0.3 is 0 Å². The monoisotopic (exact) mass is 632 g/mol. The highest BCUT2D eigenvalue weighted by Gasteiger charge is 2.20. The largest absolute Gasteiger partial charge is 0.456 e. The van der Waals surface area contributed by atoms with Crippen LogP contribution in [0.4, 0.5) is 0 Å². The van der Waals surface area contributed by atoms with Crippen LogP contribution in [0.25, 0.3) is 89.5 Å². The Morgan fingerprint density at radius 2 is 0.796 bits per heavy atom. The lowest BCUT2D eigenvalue weighted by Gasteiger charge is -2.10. The summed E-state index contributed by atoms with van der Waals surface area (Å²) in [7, 11) is 0. The van der Waals surface area contributed by atoms with E-state index in [-0.39, 0.29) is 29.3 Å². The van der Waals surface area contributed by atoms with E-state index in [1.54, 1.807) is 0 Å². The average Bonchev–Trinajstić information content (AvgIpc) is 3.62. The Labute approximate surface area is 291 Å².